The summed E-state index contributed by atoms with van der Waals surface area (Å²) >= 11 is 0. The highest BCUT2D eigenvalue weighted by Gasteiger charge is 2.19. The lowest BCUT2D eigenvalue weighted by molar-refractivity contribution is 0.0693. The van der Waals surface area contributed by atoms with Gasteiger partial charge in [0.15, 0.2) is 0 Å². The molecule has 2 aromatic carbocycles. The van der Waals surface area contributed by atoms with E-state index in [0.717, 1.165) is 17.7 Å². The molecule has 0 unspecified atom stereocenters. The molecule has 24 heavy (non-hydrogen) atoms. The zero-order chi connectivity index (χ0) is 18.1. The van der Waals surface area contributed by atoms with Crippen LogP contribution in [-0.2, 0) is 15.4 Å². The van der Waals surface area contributed by atoms with Crippen LogP contribution in [0.1, 0.15) is 36.7 Å². The summed E-state index contributed by atoms with van der Waals surface area (Å²) in [5, 5.41) is 18.4. The summed E-state index contributed by atoms with van der Waals surface area (Å²) in [6.45, 7) is 6.08. The lowest BCUT2D eigenvalue weighted by atomic mass is 9.87. The van der Waals surface area contributed by atoms with Gasteiger partial charge in [-0.25, -0.2) is 13.2 Å². The summed E-state index contributed by atoms with van der Waals surface area (Å²) < 4.78 is 27.1. The van der Waals surface area contributed by atoms with Crippen molar-refractivity contribution in [2.45, 2.75) is 31.1 Å². The quantitative estimate of drug-likeness (QED) is 0.736. The average Bonchev–Trinajstić information content (AvgIpc) is 2.48. The van der Waals surface area contributed by atoms with E-state index in [4.69, 9.17) is 5.11 Å². The first-order valence-electron chi connectivity index (χ1n) is 7.20. The molecule has 6 nitrogen and oxygen atoms in total. The third kappa shape index (κ3) is 3.86. The van der Waals surface area contributed by atoms with Gasteiger partial charge in [-0.1, -0.05) is 32.9 Å². The molecule has 2 aromatic rings. The van der Waals surface area contributed by atoms with Gasteiger partial charge in [0.05, 0.1) is 4.90 Å². The molecule has 3 N–H and O–H groups in total. The summed E-state index contributed by atoms with van der Waals surface area (Å²) in [6.07, 6.45) is 0. The van der Waals surface area contributed by atoms with Crippen LogP contribution in [0.2, 0.25) is 0 Å². The van der Waals surface area contributed by atoms with Crippen molar-refractivity contribution in [1.29, 1.82) is 0 Å². The SMILES string of the molecule is CC(C)(C)c1ccc(S(=O)(=O)Nc2ccc(O)c(C(=O)O)c2)cc1. The highest BCUT2D eigenvalue weighted by molar-refractivity contribution is 7.92. The number of aromatic carboxylic acids is 1. The fourth-order valence-corrected chi connectivity index (χ4v) is 3.17. The van der Waals surface area contributed by atoms with Crippen LogP contribution in [-0.4, -0.2) is 24.6 Å². The fourth-order valence-electron chi connectivity index (χ4n) is 2.12. The maximum absolute atomic E-state index is 12.4. The van der Waals surface area contributed by atoms with Crippen molar-refractivity contribution in [2.75, 3.05) is 4.72 Å². The first-order chi connectivity index (χ1) is 11.0. The summed E-state index contributed by atoms with van der Waals surface area (Å²) in [5.74, 6) is -1.77. The van der Waals surface area contributed by atoms with Crippen molar-refractivity contribution < 1.29 is 23.4 Å². The monoisotopic (exact) mass is 349 g/mol. The molecule has 0 bridgehead atoms. The number of phenols is 1. The van der Waals surface area contributed by atoms with Gasteiger partial charge in [-0.2, -0.15) is 0 Å². The Kier molecular flexibility index (Phi) is 4.57. The molecule has 0 aliphatic heterocycles. The van der Waals surface area contributed by atoms with Crippen LogP contribution < -0.4 is 4.72 Å². The van der Waals surface area contributed by atoms with Crippen LogP contribution in [0.4, 0.5) is 5.69 Å². The number of sulfonamides is 1. The molecular weight excluding hydrogens is 330 g/mol. The second kappa shape index (κ2) is 6.16. The summed E-state index contributed by atoms with van der Waals surface area (Å²) in [5.41, 5.74) is 0.589. The van der Waals surface area contributed by atoms with Gasteiger partial charge in [0, 0.05) is 5.69 Å². The van der Waals surface area contributed by atoms with E-state index in [1.54, 1.807) is 12.1 Å². The second-order valence-electron chi connectivity index (χ2n) is 6.42. The minimum absolute atomic E-state index is 0.0603. The van der Waals surface area contributed by atoms with Crippen LogP contribution in [0.25, 0.3) is 0 Å². The van der Waals surface area contributed by atoms with Gasteiger partial charge in [-0.05, 0) is 41.3 Å². The predicted octanol–water partition coefficient (Wildman–Crippen LogP) is 3.19. The molecule has 0 atom stereocenters. The number of rotatable bonds is 4. The highest BCUT2D eigenvalue weighted by atomic mass is 32.2. The van der Waals surface area contributed by atoms with Crippen molar-refractivity contribution in [3.63, 3.8) is 0 Å². The molecule has 7 heteroatoms. The summed E-state index contributed by atoms with van der Waals surface area (Å²) in [7, 11) is -3.86. The van der Waals surface area contributed by atoms with E-state index >= 15 is 0 Å². The van der Waals surface area contributed by atoms with Crippen LogP contribution in [0.15, 0.2) is 47.4 Å². The molecule has 0 fully saturated rings. The molecule has 128 valence electrons. The molecular formula is C17H19NO5S. The van der Waals surface area contributed by atoms with Crippen molar-refractivity contribution in [3.05, 3.63) is 53.6 Å². The van der Waals surface area contributed by atoms with Crippen molar-refractivity contribution in [1.82, 2.24) is 0 Å². The number of carbonyl (C=O) groups is 1. The van der Waals surface area contributed by atoms with E-state index in [2.05, 4.69) is 4.72 Å². The van der Waals surface area contributed by atoms with Gasteiger partial charge in [0.2, 0.25) is 0 Å². The summed E-state index contributed by atoms with van der Waals surface area (Å²) in [6, 6.07) is 9.98. The van der Waals surface area contributed by atoms with Gasteiger partial charge < -0.3 is 10.2 Å². The normalized spacial score (nSPS) is 12.0. The number of carboxylic acid groups (broad SMARTS) is 1. The molecule has 0 aromatic heterocycles. The van der Waals surface area contributed by atoms with Crippen LogP contribution >= 0.6 is 0 Å². The van der Waals surface area contributed by atoms with Crippen LogP contribution in [0.5, 0.6) is 5.75 Å². The van der Waals surface area contributed by atoms with E-state index < -0.39 is 21.7 Å². The third-order valence-electron chi connectivity index (χ3n) is 3.51. The average molecular weight is 349 g/mol. The standard InChI is InChI=1S/C17H19NO5S/c1-17(2,3)11-4-7-13(8-5-11)24(22,23)18-12-6-9-15(19)14(10-12)16(20)21/h4-10,18-19H,1-3H3,(H,20,21). The van der Waals surface area contributed by atoms with E-state index in [1.807, 2.05) is 20.8 Å². The Morgan fingerprint density at radius 3 is 2.12 bits per heavy atom. The largest absolute Gasteiger partial charge is 0.507 e. The Morgan fingerprint density at radius 1 is 1.04 bits per heavy atom. The van der Waals surface area contributed by atoms with Gasteiger partial charge >= 0.3 is 5.97 Å². The first-order valence-corrected chi connectivity index (χ1v) is 8.69. The zero-order valence-electron chi connectivity index (χ0n) is 13.6. The fraction of sp³-hybridized carbons (Fsp3) is 0.235. The predicted molar refractivity (Wildman–Crippen MR) is 91.0 cm³/mol. The number of aromatic hydroxyl groups is 1. The van der Waals surface area contributed by atoms with E-state index in [-0.39, 0.29) is 21.6 Å². The topological polar surface area (TPSA) is 104 Å². The maximum Gasteiger partial charge on any atom is 0.339 e. The number of benzene rings is 2. The van der Waals surface area contributed by atoms with E-state index in [0.29, 0.717) is 0 Å². The number of nitrogens with one attached hydrogen (secondary N) is 1. The number of hydrogen-bond donors (Lipinski definition) is 3. The van der Waals surface area contributed by atoms with Crippen LogP contribution in [0, 0.1) is 0 Å². The Hall–Kier alpha value is -2.54. The van der Waals surface area contributed by atoms with Gasteiger partial charge in [0.1, 0.15) is 11.3 Å². The molecule has 0 saturated heterocycles. The molecule has 0 aliphatic rings. The molecule has 0 heterocycles. The molecule has 0 radical (unpaired) electrons. The minimum Gasteiger partial charge on any atom is -0.507 e. The van der Waals surface area contributed by atoms with E-state index in [9.17, 15) is 18.3 Å². The van der Waals surface area contributed by atoms with E-state index in [1.165, 1.54) is 18.2 Å². The highest BCUT2D eigenvalue weighted by Crippen LogP contribution is 2.26. The van der Waals surface area contributed by atoms with Gasteiger partial charge in [-0.3, -0.25) is 4.72 Å². The Balaban J connectivity index is 2.32. The lowest BCUT2D eigenvalue weighted by Crippen LogP contribution is -2.15. The van der Waals surface area contributed by atoms with Gasteiger partial charge in [-0.15, -0.1) is 0 Å². The van der Waals surface area contributed by atoms with Crippen LogP contribution in [0.3, 0.4) is 0 Å². The molecule has 0 aliphatic carbocycles. The van der Waals surface area contributed by atoms with Crippen molar-refractivity contribution >= 4 is 21.7 Å². The first kappa shape index (κ1) is 17.8. The molecule has 2 rings (SSSR count). The van der Waals surface area contributed by atoms with Crippen molar-refractivity contribution in [3.8, 4) is 5.75 Å². The van der Waals surface area contributed by atoms with Gasteiger partial charge in [0.25, 0.3) is 10.0 Å². The maximum atomic E-state index is 12.4. The second-order valence-corrected chi connectivity index (χ2v) is 8.10. The zero-order valence-corrected chi connectivity index (χ0v) is 14.4. The Labute approximate surface area is 140 Å². The number of carboxylic acids is 1. The number of anilines is 1. The Bertz CT molecular complexity index is 865. The Morgan fingerprint density at radius 2 is 1.62 bits per heavy atom. The van der Waals surface area contributed by atoms with Crippen molar-refractivity contribution in [2.24, 2.45) is 0 Å². The smallest absolute Gasteiger partial charge is 0.339 e. The molecule has 0 spiro atoms. The third-order valence-corrected chi connectivity index (χ3v) is 4.91. The molecule has 0 saturated carbocycles. The minimum atomic E-state index is -3.86. The number of hydrogen-bond acceptors (Lipinski definition) is 4. The molecule has 0 amide bonds. The summed E-state index contributed by atoms with van der Waals surface area (Å²) in [4.78, 5) is 11.1. The lowest BCUT2D eigenvalue weighted by Gasteiger charge is -2.19.